The number of hydrogen-bond acceptors (Lipinski definition) is 7. The number of carbonyl (C=O) groups is 2. The van der Waals surface area contributed by atoms with E-state index < -0.39 is 11.9 Å². The van der Waals surface area contributed by atoms with Crippen molar-refractivity contribution in [2.45, 2.75) is 19.5 Å². The first-order valence-electron chi connectivity index (χ1n) is 15.4. The first-order valence-corrected chi connectivity index (χ1v) is 15.4. The van der Waals surface area contributed by atoms with Gasteiger partial charge in [0.2, 0.25) is 0 Å². The van der Waals surface area contributed by atoms with Crippen LogP contribution in [0.3, 0.4) is 0 Å². The lowest BCUT2D eigenvalue weighted by Crippen LogP contribution is -2.30. The summed E-state index contributed by atoms with van der Waals surface area (Å²) in [6.07, 6.45) is 0.948. The Kier molecular flexibility index (Phi) is 8.05. The minimum Gasteiger partial charge on any atom is -0.493 e. The van der Waals surface area contributed by atoms with Crippen molar-refractivity contribution in [1.29, 1.82) is 0 Å². The molecule has 0 saturated heterocycles. The Labute approximate surface area is 272 Å². The topological polar surface area (TPSA) is 106 Å². The number of aromatic nitrogens is 2. The number of nitrogens with one attached hydrogen (secondary N) is 2. The number of nitrogens with zero attached hydrogens (tertiary/aromatic N) is 2. The number of rotatable bonds is 8. The number of hydrogen-bond donors (Lipinski definition) is 2. The predicted octanol–water partition coefficient (Wildman–Crippen LogP) is 7.00. The highest BCUT2D eigenvalue weighted by molar-refractivity contribution is 6.08. The fourth-order valence-electron chi connectivity index (χ4n) is 6.25. The SMILES string of the molecule is COC(=O)c1ccc(-c2cc3cc(CN4CCc5cc(OC)c(OC)cc5C4)ccc3[nH]2)cc1NC(=O)c1ccc2ccccc2n1. The van der Waals surface area contributed by atoms with Gasteiger partial charge in [-0.15, -0.1) is 0 Å². The molecule has 0 aliphatic carbocycles. The molecule has 9 heteroatoms. The van der Waals surface area contributed by atoms with E-state index in [1.54, 1.807) is 32.4 Å². The van der Waals surface area contributed by atoms with Gasteiger partial charge in [0.25, 0.3) is 5.91 Å². The lowest BCUT2D eigenvalue weighted by molar-refractivity contribution is 0.0602. The van der Waals surface area contributed by atoms with Crippen molar-refractivity contribution in [2.24, 2.45) is 0 Å². The third kappa shape index (κ3) is 6.01. The second-order valence-corrected chi connectivity index (χ2v) is 11.6. The van der Waals surface area contributed by atoms with Crippen molar-refractivity contribution in [3.05, 3.63) is 119 Å². The Morgan fingerprint density at radius 1 is 0.851 bits per heavy atom. The van der Waals surface area contributed by atoms with Crippen LogP contribution in [-0.4, -0.2) is 54.6 Å². The maximum atomic E-state index is 13.3. The first-order chi connectivity index (χ1) is 22.9. The number of benzene rings is 4. The third-order valence-corrected chi connectivity index (χ3v) is 8.70. The molecule has 1 aliphatic heterocycles. The molecule has 6 aromatic rings. The van der Waals surface area contributed by atoms with Gasteiger partial charge >= 0.3 is 5.97 Å². The van der Waals surface area contributed by atoms with Gasteiger partial charge in [-0.25, -0.2) is 9.78 Å². The van der Waals surface area contributed by atoms with Gasteiger partial charge in [-0.3, -0.25) is 9.69 Å². The quantitative estimate of drug-likeness (QED) is 0.175. The van der Waals surface area contributed by atoms with Gasteiger partial charge < -0.3 is 24.5 Å². The second-order valence-electron chi connectivity index (χ2n) is 11.6. The molecule has 2 N–H and O–H groups in total. The van der Waals surface area contributed by atoms with Crippen molar-refractivity contribution < 1.29 is 23.8 Å². The maximum Gasteiger partial charge on any atom is 0.339 e. The Bertz CT molecular complexity index is 2150. The highest BCUT2D eigenvalue weighted by atomic mass is 16.5. The van der Waals surface area contributed by atoms with E-state index >= 15 is 0 Å². The van der Waals surface area contributed by atoms with Gasteiger partial charge in [-0.1, -0.05) is 36.4 Å². The predicted molar refractivity (Wildman–Crippen MR) is 182 cm³/mol. The number of ether oxygens (including phenoxy) is 3. The fourth-order valence-corrected chi connectivity index (χ4v) is 6.25. The number of methoxy groups -OCH3 is 3. The minimum absolute atomic E-state index is 0.249. The number of amides is 1. The molecule has 236 valence electrons. The van der Waals surface area contributed by atoms with Crippen LogP contribution in [0.25, 0.3) is 33.1 Å². The molecule has 0 spiro atoms. The lowest BCUT2D eigenvalue weighted by Gasteiger charge is -2.29. The van der Waals surface area contributed by atoms with Crippen molar-refractivity contribution in [3.63, 3.8) is 0 Å². The van der Waals surface area contributed by atoms with Crippen LogP contribution in [0.1, 0.15) is 37.5 Å². The molecule has 0 saturated carbocycles. The van der Waals surface area contributed by atoms with Gasteiger partial charge in [0.15, 0.2) is 11.5 Å². The summed E-state index contributed by atoms with van der Waals surface area (Å²) in [5, 5.41) is 4.90. The molecule has 47 heavy (non-hydrogen) atoms. The van der Waals surface area contributed by atoms with Crippen molar-refractivity contribution in [2.75, 3.05) is 33.2 Å². The minimum atomic E-state index is -0.544. The molecule has 1 aliphatic rings. The lowest BCUT2D eigenvalue weighted by atomic mass is 9.98. The van der Waals surface area contributed by atoms with Crippen LogP contribution in [0.2, 0.25) is 0 Å². The summed E-state index contributed by atoms with van der Waals surface area (Å²) >= 11 is 0. The van der Waals surface area contributed by atoms with Gasteiger partial charge in [0.05, 0.1) is 38.1 Å². The Balaban J connectivity index is 1.13. The number of H-pyrrole nitrogens is 1. The largest absolute Gasteiger partial charge is 0.493 e. The molecular formula is C38H34N4O5. The van der Waals surface area contributed by atoms with Crippen LogP contribution in [-0.2, 0) is 24.2 Å². The smallest absolute Gasteiger partial charge is 0.339 e. The molecule has 4 aromatic carbocycles. The molecule has 7 rings (SSSR count). The molecule has 0 radical (unpaired) electrons. The Morgan fingerprint density at radius 2 is 1.66 bits per heavy atom. The Morgan fingerprint density at radius 3 is 2.47 bits per heavy atom. The maximum absolute atomic E-state index is 13.3. The first kappa shape index (κ1) is 30.0. The summed E-state index contributed by atoms with van der Waals surface area (Å²) in [5.41, 5.74) is 7.99. The Hall–Kier alpha value is -5.67. The molecule has 9 nitrogen and oxygen atoms in total. The van der Waals surface area contributed by atoms with E-state index in [9.17, 15) is 9.59 Å². The van der Waals surface area contributed by atoms with Crippen molar-refractivity contribution >= 4 is 39.4 Å². The molecule has 0 unspecified atom stereocenters. The standard InChI is InChI=1S/C38H34N4O5/c1-45-35-19-25-14-15-42(22-28(25)20-36(35)46-2)21-23-8-12-31-27(16-23)18-33(40-31)26-9-11-29(38(44)47-3)34(17-26)41-37(43)32-13-10-24-6-4-5-7-30(24)39-32/h4-13,16-20,40H,14-15,21-22H2,1-3H3,(H,41,43). The zero-order valence-corrected chi connectivity index (χ0v) is 26.4. The summed E-state index contributed by atoms with van der Waals surface area (Å²) < 4.78 is 16.0. The van der Waals surface area contributed by atoms with E-state index in [-0.39, 0.29) is 11.3 Å². The fraction of sp³-hybridized carbons (Fsp3) is 0.184. The highest BCUT2D eigenvalue weighted by Gasteiger charge is 2.21. The molecule has 2 aromatic heterocycles. The van der Waals surface area contributed by atoms with Crippen LogP contribution in [0.15, 0.2) is 91.0 Å². The normalized spacial score (nSPS) is 12.9. The zero-order valence-electron chi connectivity index (χ0n) is 26.4. The van der Waals surface area contributed by atoms with Crippen molar-refractivity contribution in [3.8, 4) is 22.8 Å². The van der Waals surface area contributed by atoms with E-state index in [2.05, 4.69) is 56.6 Å². The third-order valence-electron chi connectivity index (χ3n) is 8.70. The van der Waals surface area contributed by atoms with E-state index in [0.717, 1.165) is 65.1 Å². The van der Waals surface area contributed by atoms with Gasteiger partial charge in [0, 0.05) is 47.2 Å². The van der Waals surface area contributed by atoms with Crippen LogP contribution in [0.4, 0.5) is 5.69 Å². The van der Waals surface area contributed by atoms with Gasteiger partial charge in [0.1, 0.15) is 5.69 Å². The average molecular weight is 627 g/mol. The highest BCUT2D eigenvalue weighted by Crippen LogP contribution is 2.34. The number of pyridine rings is 1. The summed E-state index contributed by atoms with van der Waals surface area (Å²) in [7, 11) is 4.65. The monoisotopic (exact) mass is 626 g/mol. The van der Waals surface area contributed by atoms with Crippen LogP contribution in [0, 0.1) is 0 Å². The molecular weight excluding hydrogens is 592 g/mol. The van der Waals surface area contributed by atoms with Crippen LogP contribution in [0.5, 0.6) is 11.5 Å². The number of esters is 1. The number of carbonyl (C=O) groups excluding carboxylic acids is 2. The summed E-state index contributed by atoms with van der Waals surface area (Å²) in [6.45, 7) is 2.60. The molecule has 0 fully saturated rings. The average Bonchev–Trinajstić information content (AvgIpc) is 3.54. The molecule has 0 atom stereocenters. The molecule has 3 heterocycles. The van der Waals surface area contributed by atoms with E-state index in [1.165, 1.54) is 23.8 Å². The summed E-state index contributed by atoms with van der Waals surface area (Å²) in [4.78, 5) is 36.4. The van der Waals surface area contributed by atoms with Gasteiger partial charge in [-0.05, 0) is 77.7 Å². The van der Waals surface area contributed by atoms with E-state index in [0.29, 0.717) is 11.2 Å². The molecule has 1 amide bonds. The number of anilines is 1. The van der Waals surface area contributed by atoms with Crippen LogP contribution >= 0.6 is 0 Å². The van der Waals surface area contributed by atoms with E-state index in [1.807, 2.05) is 36.4 Å². The second kappa shape index (κ2) is 12.6. The van der Waals surface area contributed by atoms with Crippen LogP contribution < -0.4 is 14.8 Å². The summed E-state index contributed by atoms with van der Waals surface area (Å²) in [6, 6.07) is 29.1. The number of para-hydroxylation sites is 1. The van der Waals surface area contributed by atoms with Gasteiger partial charge in [-0.2, -0.15) is 0 Å². The van der Waals surface area contributed by atoms with Crippen molar-refractivity contribution in [1.82, 2.24) is 14.9 Å². The zero-order chi connectivity index (χ0) is 32.5. The number of fused-ring (bicyclic) bond motifs is 3. The van der Waals surface area contributed by atoms with E-state index in [4.69, 9.17) is 14.2 Å². The number of aromatic amines is 1. The molecule has 0 bridgehead atoms. The summed E-state index contributed by atoms with van der Waals surface area (Å²) in [5.74, 6) is 0.557.